The summed E-state index contributed by atoms with van der Waals surface area (Å²) in [5, 5.41) is 0. The number of hydrogen-bond donors (Lipinski definition) is 0. The monoisotopic (exact) mass is 389 g/mol. The molecule has 4 rings (SSSR count). The minimum absolute atomic E-state index is 0.0155. The molecule has 0 bridgehead atoms. The van der Waals surface area contributed by atoms with Crippen molar-refractivity contribution in [3.05, 3.63) is 78.5 Å². The van der Waals surface area contributed by atoms with Crippen LogP contribution in [0.25, 0.3) is 0 Å². The lowest BCUT2D eigenvalue weighted by Crippen LogP contribution is -2.48. The topological polar surface area (TPSA) is 54.9 Å². The van der Waals surface area contributed by atoms with Crippen LogP contribution < -0.4 is 14.4 Å². The van der Waals surface area contributed by atoms with Crippen LogP contribution in [0.3, 0.4) is 0 Å². The van der Waals surface area contributed by atoms with E-state index in [2.05, 4.69) is 16.0 Å². The van der Waals surface area contributed by atoms with Crippen LogP contribution in [0.2, 0.25) is 0 Å². The van der Waals surface area contributed by atoms with Crippen molar-refractivity contribution in [1.82, 2.24) is 9.88 Å². The van der Waals surface area contributed by atoms with Gasteiger partial charge in [0.05, 0.1) is 7.11 Å². The first kappa shape index (κ1) is 18.8. The van der Waals surface area contributed by atoms with Crippen LogP contribution in [0.5, 0.6) is 17.4 Å². The number of ether oxygens (including phenoxy) is 2. The minimum atomic E-state index is 0.0155. The van der Waals surface area contributed by atoms with E-state index in [4.69, 9.17) is 9.47 Å². The first-order valence-electron chi connectivity index (χ1n) is 9.60. The van der Waals surface area contributed by atoms with E-state index < -0.39 is 0 Å². The Morgan fingerprint density at radius 2 is 1.69 bits per heavy atom. The lowest BCUT2D eigenvalue weighted by molar-refractivity contribution is 0.0746. The van der Waals surface area contributed by atoms with E-state index in [1.165, 1.54) is 0 Å². The largest absolute Gasteiger partial charge is 0.497 e. The van der Waals surface area contributed by atoms with Crippen molar-refractivity contribution >= 4 is 11.6 Å². The van der Waals surface area contributed by atoms with Crippen LogP contribution in [0.15, 0.2) is 72.9 Å². The minimum Gasteiger partial charge on any atom is -0.497 e. The van der Waals surface area contributed by atoms with Crippen LogP contribution in [0.1, 0.15) is 10.4 Å². The molecule has 0 spiro atoms. The maximum Gasteiger partial charge on any atom is 0.254 e. The van der Waals surface area contributed by atoms with E-state index in [1.54, 1.807) is 25.4 Å². The number of benzene rings is 2. The number of nitrogens with zero attached hydrogens (tertiary/aromatic N) is 3. The molecule has 3 aromatic rings. The zero-order valence-electron chi connectivity index (χ0n) is 16.3. The molecule has 0 saturated carbocycles. The molecule has 0 unspecified atom stereocenters. The van der Waals surface area contributed by atoms with E-state index in [1.807, 2.05) is 53.4 Å². The van der Waals surface area contributed by atoms with Gasteiger partial charge in [0, 0.05) is 55.8 Å². The van der Waals surface area contributed by atoms with Crippen molar-refractivity contribution in [3.8, 4) is 17.4 Å². The molecule has 6 heteroatoms. The number of carbonyl (C=O) groups is 1. The fraction of sp³-hybridized carbons (Fsp3) is 0.217. The number of amides is 1. The van der Waals surface area contributed by atoms with Gasteiger partial charge in [-0.15, -0.1) is 0 Å². The van der Waals surface area contributed by atoms with Crippen molar-refractivity contribution in [3.63, 3.8) is 0 Å². The normalized spacial score (nSPS) is 13.8. The van der Waals surface area contributed by atoms with Crippen molar-refractivity contribution in [2.45, 2.75) is 0 Å². The summed E-state index contributed by atoms with van der Waals surface area (Å²) in [4.78, 5) is 21.3. The molecule has 1 saturated heterocycles. The average Bonchev–Trinajstić information content (AvgIpc) is 2.79. The van der Waals surface area contributed by atoms with Crippen LogP contribution in [-0.4, -0.2) is 49.1 Å². The molecule has 1 fully saturated rings. The molecule has 1 aromatic heterocycles. The Balaban J connectivity index is 1.40. The second kappa shape index (κ2) is 8.65. The Morgan fingerprint density at radius 1 is 0.897 bits per heavy atom. The Hall–Kier alpha value is -3.54. The molecule has 2 aromatic carbocycles. The highest BCUT2D eigenvalue weighted by atomic mass is 16.5. The van der Waals surface area contributed by atoms with Crippen LogP contribution in [0, 0.1) is 0 Å². The van der Waals surface area contributed by atoms with Crippen LogP contribution >= 0.6 is 0 Å². The smallest absolute Gasteiger partial charge is 0.254 e. The summed E-state index contributed by atoms with van der Waals surface area (Å²) >= 11 is 0. The highest BCUT2D eigenvalue weighted by Crippen LogP contribution is 2.24. The Kier molecular flexibility index (Phi) is 5.61. The standard InChI is InChI=1S/C23H23N3O3/c1-28-20-8-5-7-19(17-20)25-12-14-26(15-13-25)23(27)18-6-4-9-21(16-18)29-22-10-2-3-11-24-22/h2-11,16-17H,12-15H2,1H3. The molecule has 0 atom stereocenters. The molecule has 1 aliphatic rings. The number of rotatable bonds is 5. The number of pyridine rings is 1. The summed E-state index contributed by atoms with van der Waals surface area (Å²) in [6.07, 6.45) is 1.67. The zero-order chi connectivity index (χ0) is 20.1. The fourth-order valence-electron chi connectivity index (χ4n) is 3.38. The number of methoxy groups -OCH3 is 1. The molecule has 6 nitrogen and oxygen atoms in total. The second-order valence-electron chi connectivity index (χ2n) is 6.78. The number of anilines is 1. The van der Waals surface area contributed by atoms with Crippen molar-refractivity contribution in [2.75, 3.05) is 38.2 Å². The highest BCUT2D eigenvalue weighted by molar-refractivity contribution is 5.94. The van der Waals surface area contributed by atoms with Gasteiger partial charge in [-0.1, -0.05) is 18.2 Å². The first-order valence-corrected chi connectivity index (χ1v) is 9.60. The third-order valence-electron chi connectivity index (χ3n) is 4.93. The summed E-state index contributed by atoms with van der Waals surface area (Å²) in [6, 6.07) is 20.7. The zero-order valence-corrected chi connectivity index (χ0v) is 16.3. The van der Waals surface area contributed by atoms with Crippen LogP contribution in [0.4, 0.5) is 5.69 Å². The van der Waals surface area contributed by atoms with Crippen LogP contribution in [-0.2, 0) is 0 Å². The Labute approximate surface area is 170 Å². The Morgan fingerprint density at radius 3 is 2.45 bits per heavy atom. The summed E-state index contributed by atoms with van der Waals surface area (Å²) in [7, 11) is 1.67. The van der Waals surface area contributed by atoms with E-state index in [-0.39, 0.29) is 5.91 Å². The maximum atomic E-state index is 13.0. The summed E-state index contributed by atoms with van der Waals surface area (Å²) in [6.45, 7) is 2.90. The summed E-state index contributed by atoms with van der Waals surface area (Å²) in [5.41, 5.74) is 1.73. The number of hydrogen-bond acceptors (Lipinski definition) is 5. The summed E-state index contributed by atoms with van der Waals surface area (Å²) in [5.74, 6) is 1.96. The second-order valence-corrected chi connectivity index (χ2v) is 6.78. The molecule has 1 amide bonds. The quantitative estimate of drug-likeness (QED) is 0.664. The average molecular weight is 389 g/mol. The van der Waals surface area contributed by atoms with E-state index >= 15 is 0 Å². The third kappa shape index (κ3) is 4.48. The fourth-order valence-corrected chi connectivity index (χ4v) is 3.38. The highest BCUT2D eigenvalue weighted by Gasteiger charge is 2.23. The maximum absolute atomic E-state index is 13.0. The van der Waals surface area contributed by atoms with Gasteiger partial charge in [-0.2, -0.15) is 0 Å². The van der Waals surface area contributed by atoms with E-state index in [0.717, 1.165) is 24.5 Å². The van der Waals surface area contributed by atoms with Crippen molar-refractivity contribution < 1.29 is 14.3 Å². The predicted octanol–water partition coefficient (Wildman–Crippen LogP) is 3.84. The SMILES string of the molecule is COc1cccc(N2CCN(C(=O)c3cccc(Oc4ccccn4)c3)CC2)c1. The van der Waals surface area contributed by atoms with Gasteiger partial charge in [0.25, 0.3) is 5.91 Å². The number of piperazine rings is 1. The predicted molar refractivity (Wildman–Crippen MR) is 112 cm³/mol. The molecule has 0 aliphatic carbocycles. The van der Waals surface area contributed by atoms with Gasteiger partial charge in [0.1, 0.15) is 11.5 Å². The van der Waals surface area contributed by atoms with E-state index in [9.17, 15) is 4.79 Å². The van der Waals surface area contributed by atoms with Gasteiger partial charge < -0.3 is 19.3 Å². The summed E-state index contributed by atoms with van der Waals surface area (Å²) < 4.78 is 11.1. The molecule has 1 aliphatic heterocycles. The lowest BCUT2D eigenvalue weighted by atomic mass is 10.1. The number of aromatic nitrogens is 1. The van der Waals surface area contributed by atoms with Gasteiger partial charge in [-0.25, -0.2) is 4.98 Å². The van der Waals surface area contributed by atoms with E-state index in [0.29, 0.717) is 30.3 Å². The third-order valence-corrected chi connectivity index (χ3v) is 4.93. The molecular formula is C23H23N3O3. The van der Waals surface area contributed by atoms with Gasteiger partial charge in [0.15, 0.2) is 0 Å². The first-order chi connectivity index (χ1) is 14.2. The van der Waals surface area contributed by atoms with Gasteiger partial charge in [-0.3, -0.25) is 4.79 Å². The molecule has 29 heavy (non-hydrogen) atoms. The lowest BCUT2D eigenvalue weighted by Gasteiger charge is -2.36. The number of carbonyl (C=O) groups excluding carboxylic acids is 1. The Bertz CT molecular complexity index is 970. The molecule has 148 valence electrons. The van der Waals surface area contributed by atoms with Crippen molar-refractivity contribution in [2.24, 2.45) is 0 Å². The molecular weight excluding hydrogens is 366 g/mol. The van der Waals surface area contributed by atoms with Gasteiger partial charge in [0.2, 0.25) is 5.88 Å². The van der Waals surface area contributed by atoms with Gasteiger partial charge >= 0.3 is 0 Å². The molecule has 0 radical (unpaired) electrons. The molecule has 2 heterocycles. The van der Waals surface area contributed by atoms with Gasteiger partial charge in [-0.05, 0) is 36.4 Å². The molecule has 0 N–H and O–H groups in total. The van der Waals surface area contributed by atoms with Crippen molar-refractivity contribution in [1.29, 1.82) is 0 Å².